The van der Waals surface area contributed by atoms with Crippen molar-refractivity contribution in [2.24, 2.45) is 0 Å². The molecule has 0 unspecified atom stereocenters. The van der Waals surface area contributed by atoms with E-state index in [4.69, 9.17) is 5.11 Å². The summed E-state index contributed by atoms with van der Waals surface area (Å²) >= 11 is 1.56. The van der Waals surface area contributed by atoms with Gasteiger partial charge in [-0.2, -0.15) is 0 Å². The molecule has 0 saturated heterocycles. The monoisotopic (exact) mass is 262 g/mol. The van der Waals surface area contributed by atoms with Gasteiger partial charge in [-0.05, 0) is 42.2 Å². The number of carboxylic acids is 1. The maximum atomic E-state index is 13.8. The molecule has 0 fully saturated rings. The SMILES string of the molecule is CSc1cccc(-c2cc(C(=O)O)ccc2F)c1. The van der Waals surface area contributed by atoms with Crippen LogP contribution >= 0.6 is 11.8 Å². The minimum atomic E-state index is -1.06. The van der Waals surface area contributed by atoms with Crippen LogP contribution in [0.3, 0.4) is 0 Å². The van der Waals surface area contributed by atoms with Crippen LogP contribution in [0.5, 0.6) is 0 Å². The first kappa shape index (κ1) is 12.6. The predicted octanol–water partition coefficient (Wildman–Crippen LogP) is 3.91. The molecule has 0 aromatic heterocycles. The van der Waals surface area contributed by atoms with E-state index < -0.39 is 11.8 Å². The second-order valence-corrected chi connectivity index (χ2v) is 4.61. The quantitative estimate of drug-likeness (QED) is 0.852. The number of rotatable bonds is 3. The Bertz CT molecular complexity index is 596. The number of aromatic carboxylic acids is 1. The minimum absolute atomic E-state index is 0.0842. The molecule has 0 aliphatic heterocycles. The Morgan fingerprint density at radius 3 is 2.67 bits per heavy atom. The van der Waals surface area contributed by atoms with E-state index in [0.717, 1.165) is 4.90 Å². The van der Waals surface area contributed by atoms with E-state index in [0.29, 0.717) is 11.1 Å². The van der Waals surface area contributed by atoms with Crippen LogP contribution in [0.25, 0.3) is 11.1 Å². The lowest BCUT2D eigenvalue weighted by atomic mass is 10.0. The second kappa shape index (κ2) is 5.23. The molecule has 0 heterocycles. The van der Waals surface area contributed by atoms with Gasteiger partial charge in [0.15, 0.2) is 0 Å². The summed E-state index contributed by atoms with van der Waals surface area (Å²) in [5.74, 6) is -1.48. The third-order valence-corrected chi connectivity index (χ3v) is 3.32. The van der Waals surface area contributed by atoms with E-state index in [9.17, 15) is 9.18 Å². The largest absolute Gasteiger partial charge is 0.478 e. The summed E-state index contributed by atoms with van der Waals surface area (Å²) in [5, 5.41) is 8.92. The Hall–Kier alpha value is -1.81. The maximum absolute atomic E-state index is 13.8. The minimum Gasteiger partial charge on any atom is -0.478 e. The Labute approximate surface area is 108 Å². The highest BCUT2D eigenvalue weighted by atomic mass is 32.2. The van der Waals surface area contributed by atoms with E-state index in [1.54, 1.807) is 17.8 Å². The standard InChI is InChI=1S/C14H11FO2S/c1-18-11-4-2-3-9(7-11)12-8-10(14(16)17)5-6-13(12)15/h2-8H,1H3,(H,16,17). The van der Waals surface area contributed by atoms with E-state index >= 15 is 0 Å². The summed E-state index contributed by atoms with van der Waals surface area (Å²) < 4.78 is 13.8. The van der Waals surface area contributed by atoms with Crippen LogP contribution < -0.4 is 0 Å². The van der Waals surface area contributed by atoms with E-state index in [1.807, 2.05) is 24.5 Å². The third-order valence-electron chi connectivity index (χ3n) is 2.59. The van der Waals surface area contributed by atoms with E-state index in [-0.39, 0.29) is 5.56 Å². The van der Waals surface area contributed by atoms with Crippen molar-refractivity contribution in [2.75, 3.05) is 6.26 Å². The molecule has 18 heavy (non-hydrogen) atoms. The Morgan fingerprint density at radius 1 is 1.22 bits per heavy atom. The number of carboxylic acid groups (broad SMARTS) is 1. The lowest BCUT2D eigenvalue weighted by Crippen LogP contribution is -1.97. The molecule has 0 aliphatic rings. The van der Waals surface area contributed by atoms with E-state index in [1.165, 1.54) is 18.2 Å². The number of hydrogen-bond donors (Lipinski definition) is 1. The van der Waals surface area contributed by atoms with Gasteiger partial charge in [-0.1, -0.05) is 12.1 Å². The molecule has 0 spiro atoms. The zero-order chi connectivity index (χ0) is 13.1. The van der Waals surface area contributed by atoms with Gasteiger partial charge in [0.2, 0.25) is 0 Å². The van der Waals surface area contributed by atoms with Crippen LogP contribution in [0, 0.1) is 5.82 Å². The van der Waals surface area contributed by atoms with Crippen molar-refractivity contribution < 1.29 is 14.3 Å². The average Bonchev–Trinajstić information content (AvgIpc) is 2.39. The summed E-state index contributed by atoms with van der Waals surface area (Å²) in [6.07, 6.45) is 1.93. The van der Waals surface area contributed by atoms with Gasteiger partial charge in [0.05, 0.1) is 5.56 Å². The van der Waals surface area contributed by atoms with Crippen LogP contribution in [0.15, 0.2) is 47.4 Å². The first-order valence-electron chi connectivity index (χ1n) is 5.29. The van der Waals surface area contributed by atoms with Crippen molar-refractivity contribution in [1.29, 1.82) is 0 Å². The van der Waals surface area contributed by atoms with Gasteiger partial charge in [-0.15, -0.1) is 11.8 Å². The molecule has 2 aromatic carbocycles. The van der Waals surface area contributed by atoms with Crippen LogP contribution in [0.2, 0.25) is 0 Å². The van der Waals surface area contributed by atoms with Gasteiger partial charge in [0, 0.05) is 10.5 Å². The first-order chi connectivity index (χ1) is 8.61. The smallest absolute Gasteiger partial charge is 0.335 e. The summed E-state index contributed by atoms with van der Waals surface area (Å²) in [6.45, 7) is 0. The molecule has 2 nitrogen and oxygen atoms in total. The fraction of sp³-hybridized carbons (Fsp3) is 0.0714. The fourth-order valence-corrected chi connectivity index (χ4v) is 2.13. The average molecular weight is 262 g/mol. The fourth-order valence-electron chi connectivity index (χ4n) is 1.67. The van der Waals surface area contributed by atoms with Gasteiger partial charge < -0.3 is 5.11 Å². The number of benzene rings is 2. The molecule has 4 heteroatoms. The van der Waals surface area contributed by atoms with Gasteiger partial charge in [0.1, 0.15) is 5.82 Å². The number of halogens is 1. The highest BCUT2D eigenvalue weighted by molar-refractivity contribution is 7.98. The summed E-state index contributed by atoms with van der Waals surface area (Å²) in [4.78, 5) is 11.9. The van der Waals surface area contributed by atoms with Crippen molar-refractivity contribution in [3.05, 3.63) is 53.8 Å². The molecule has 0 saturated carbocycles. The van der Waals surface area contributed by atoms with Gasteiger partial charge in [-0.3, -0.25) is 0 Å². The highest BCUT2D eigenvalue weighted by Gasteiger charge is 2.10. The van der Waals surface area contributed by atoms with Crippen molar-refractivity contribution in [3.63, 3.8) is 0 Å². The van der Waals surface area contributed by atoms with Gasteiger partial charge >= 0.3 is 5.97 Å². The van der Waals surface area contributed by atoms with Crippen LogP contribution in [-0.2, 0) is 0 Å². The Balaban J connectivity index is 2.54. The molecule has 2 rings (SSSR count). The lowest BCUT2D eigenvalue weighted by molar-refractivity contribution is 0.0697. The van der Waals surface area contributed by atoms with Crippen molar-refractivity contribution in [1.82, 2.24) is 0 Å². The van der Waals surface area contributed by atoms with Crippen molar-refractivity contribution >= 4 is 17.7 Å². The highest BCUT2D eigenvalue weighted by Crippen LogP contribution is 2.27. The first-order valence-corrected chi connectivity index (χ1v) is 6.51. The Morgan fingerprint density at radius 2 is 2.00 bits per heavy atom. The van der Waals surface area contributed by atoms with Crippen LogP contribution in [0.1, 0.15) is 10.4 Å². The molecular weight excluding hydrogens is 251 g/mol. The maximum Gasteiger partial charge on any atom is 0.335 e. The molecule has 2 aromatic rings. The molecular formula is C14H11FO2S. The molecule has 0 aliphatic carbocycles. The molecule has 0 atom stereocenters. The summed E-state index contributed by atoms with van der Waals surface area (Å²) in [7, 11) is 0. The number of thioether (sulfide) groups is 1. The molecule has 1 N–H and O–H groups in total. The van der Waals surface area contributed by atoms with Gasteiger partial charge in [-0.25, -0.2) is 9.18 Å². The summed E-state index contributed by atoms with van der Waals surface area (Å²) in [5.41, 5.74) is 1.08. The second-order valence-electron chi connectivity index (χ2n) is 3.73. The lowest BCUT2D eigenvalue weighted by Gasteiger charge is -2.06. The normalized spacial score (nSPS) is 10.3. The van der Waals surface area contributed by atoms with Gasteiger partial charge in [0.25, 0.3) is 0 Å². The molecule has 0 amide bonds. The molecule has 92 valence electrons. The predicted molar refractivity (Wildman–Crippen MR) is 70.6 cm³/mol. The number of hydrogen-bond acceptors (Lipinski definition) is 2. The van der Waals surface area contributed by atoms with Crippen LogP contribution in [0.4, 0.5) is 4.39 Å². The Kier molecular flexibility index (Phi) is 3.67. The number of carbonyl (C=O) groups is 1. The molecule has 0 bridgehead atoms. The molecule has 0 radical (unpaired) electrons. The van der Waals surface area contributed by atoms with Crippen LogP contribution in [-0.4, -0.2) is 17.3 Å². The zero-order valence-electron chi connectivity index (χ0n) is 9.68. The summed E-state index contributed by atoms with van der Waals surface area (Å²) in [6, 6.07) is 11.2. The van der Waals surface area contributed by atoms with Crippen molar-refractivity contribution in [2.45, 2.75) is 4.90 Å². The topological polar surface area (TPSA) is 37.3 Å². The van der Waals surface area contributed by atoms with Crippen molar-refractivity contribution in [3.8, 4) is 11.1 Å². The third kappa shape index (κ3) is 2.54. The van der Waals surface area contributed by atoms with E-state index in [2.05, 4.69) is 0 Å². The zero-order valence-corrected chi connectivity index (χ0v) is 10.5.